The van der Waals surface area contributed by atoms with E-state index in [1.807, 2.05) is 0 Å². The monoisotopic (exact) mass is 352 g/mol. The van der Waals surface area contributed by atoms with E-state index in [-0.39, 0.29) is 27.4 Å². The predicted molar refractivity (Wildman–Crippen MR) is 76.8 cm³/mol. The number of halogens is 1. The molecule has 0 bridgehead atoms. The Morgan fingerprint density at radius 2 is 2.10 bits per heavy atom. The van der Waals surface area contributed by atoms with E-state index in [0.717, 1.165) is 0 Å². The van der Waals surface area contributed by atoms with Gasteiger partial charge in [-0.1, -0.05) is 6.07 Å². The fourth-order valence-electron chi connectivity index (χ4n) is 1.60. The molecule has 0 saturated carbocycles. The Morgan fingerprint density at radius 3 is 2.71 bits per heavy atom. The minimum Gasteiger partial charge on any atom is -0.477 e. The lowest BCUT2D eigenvalue weighted by Crippen LogP contribution is -2.03. The van der Waals surface area contributed by atoms with Crippen LogP contribution in [0.1, 0.15) is 16.1 Å². The number of aromatic carboxylic acids is 1. The third-order valence-electron chi connectivity index (χ3n) is 2.58. The van der Waals surface area contributed by atoms with Gasteiger partial charge in [0, 0.05) is 11.8 Å². The second-order valence-corrected chi connectivity index (χ2v) is 4.85. The number of benzene rings is 1. The summed E-state index contributed by atoms with van der Waals surface area (Å²) in [6.45, 7) is 1.68. The Balaban J connectivity index is 2.48. The molecule has 1 aromatic heterocycles. The summed E-state index contributed by atoms with van der Waals surface area (Å²) in [5, 5.41) is 20.0. The van der Waals surface area contributed by atoms with E-state index in [9.17, 15) is 14.9 Å². The molecule has 1 aromatic carbocycles. The number of nitrogens with zero attached hydrogens (tertiary/aromatic N) is 2. The van der Waals surface area contributed by atoms with E-state index in [1.54, 1.807) is 13.0 Å². The van der Waals surface area contributed by atoms with Crippen LogP contribution in [0.5, 0.6) is 11.6 Å². The first kappa shape index (κ1) is 14.9. The number of hydrogen-bond acceptors (Lipinski definition) is 5. The minimum atomic E-state index is -1.20. The standard InChI is InChI=1S/C13H9BrN2O5/c1-7-5-6-8(13(17)18)12(15-7)21-10-4-2-3-9(11(10)14)16(19)20/h2-6H,1H3,(H,17,18). The van der Waals surface area contributed by atoms with Gasteiger partial charge in [-0.3, -0.25) is 10.1 Å². The second kappa shape index (κ2) is 5.88. The molecular formula is C13H9BrN2O5. The van der Waals surface area contributed by atoms with Crippen LogP contribution in [0.2, 0.25) is 0 Å². The third-order valence-corrected chi connectivity index (χ3v) is 3.37. The molecule has 0 radical (unpaired) electrons. The Labute approximate surface area is 127 Å². The van der Waals surface area contributed by atoms with Crippen LogP contribution in [-0.2, 0) is 0 Å². The molecule has 21 heavy (non-hydrogen) atoms. The van der Waals surface area contributed by atoms with E-state index in [0.29, 0.717) is 5.69 Å². The number of pyridine rings is 1. The van der Waals surface area contributed by atoms with Crippen molar-refractivity contribution in [3.05, 3.63) is 56.2 Å². The first-order valence-corrected chi connectivity index (χ1v) is 6.51. The normalized spacial score (nSPS) is 10.2. The van der Waals surface area contributed by atoms with Crippen molar-refractivity contribution in [2.75, 3.05) is 0 Å². The molecule has 0 saturated heterocycles. The van der Waals surface area contributed by atoms with Crippen LogP contribution in [0.15, 0.2) is 34.8 Å². The summed E-state index contributed by atoms with van der Waals surface area (Å²) >= 11 is 3.08. The van der Waals surface area contributed by atoms with Crippen molar-refractivity contribution in [1.29, 1.82) is 0 Å². The summed E-state index contributed by atoms with van der Waals surface area (Å²) < 4.78 is 5.55. The lowest BCUT2D eigenvalue weighted by Gasteiger charge is -2.09. The van der Waals surface area contributed by atoms with Crippen LogP contribution in [0.4, 0.5) is 5.69 Å². The highest BCUT2D eigenvalue weighted by atomic mass is 79.9. The van der Waals surface area contributed by atoms with Gasteiger partial charge in [0.25, 0.3) is 5.69 Å². The molecule has 0 unspecified atom stereocenters. The quantitative estimate of drug-likeness (QED) is 0.666. The maximum atomic E-state index is 11.1. The fourth-order valence-corrected chi connectivity index (χ4v) is 2.09. The van der Waals surface area contributed by atoms with Crippen LogP contribution in [-0.4, -0.2) is 21.0 Å². The largest absolute Gasteiger partial charge is 0.477 e. The smallest absolute Gasteiger partial charge is 0.341 e. The van der Waals surface area contributed by atoms with Gasteiger partial charge in [0.2, 0.25) is 5.88 Å². The summed E-state index contributed by atoms with van der Waals surface area (Å²) in [4.78, 5) is 25.5. The van der Waals surface area contributed by atoms with Crippen molar-refractivity contribution >= 4 is 27.6 Å². The number of carboxylic acid groups (broad SMARTS) is 1. The molecule has 0 atom stereocenters. The minimum absolute atomic E-state index is 0.116. The Morgan fingerprint density at radius 1 is 1.38 bits per heavy atom. The van der Waals surface area contributed by atoms with E-state index in [2.05, 4.69) is 20.9 Å². The molecule has 0 aliphatic carbocycles. The van der Waals surface area contributed by atoms with E-state index in [1.165, 1.54) is 24.3 Å². The van der Waals surface area contributed by atoms with Crippen LogP contribution in [0, 0.1) is 17.0 Å². The number of aryl methyl sites for hydroxylation is 1. The topological polar surface area (TPSA) is 103 Å². The summed E-state index contributed by atoms with van der Waals surface area (Å²) in [5.74, 6) is -1.20. The highest BCUT2D eigenvalue weighted by Crippen LogP contribution is 2.36. The third kappa shape index (κ3) is 3.16. The van der Waals surface area contributed by atoms with Crippen molar-refractivity contribution in [3.63, 3.8) is 0 Å². The average Bonchev–Trinajstić information content (AvgIpc) is 2.40. The molecule has 0 aliphatic rings. The first-order chi connectivity index (χ1) is 9.90. The summed E-state index contributed by atoms with van der Waals surface area (Å²) in [5.41, 5.74) is 0.257. The van der Waals surface area contributed by atoms with Gasteiger partial charge in [0.1, 0.15) is 10.0 Å². The Hall–Kier alpha value is -2.48. The lowest BCUT2D eigenvalue weighted by molar-refractivity contribution is -0.385. The van der Waals surface area contributed by atoms with Crippen molar-refractivity contribution in [2.45, 2.75) is 6.92 Å². The summed E-state index contributed by atoms with van der Waals surface area (Å²) in [6, 6.07) is 7.13. The summed E-state index contributed by atoms with van der Waals surface area (Å²) in [6.07, 6.45) is 0. The van der Waals surface area contributed by atoms with Gasteiger partial charge in [-0.25, -0.2) is 9.78 Å². The predicted octanol–water partition coefficient (Wildman–Crippen LogP) is 3.55. The van der Waals surface area contributed by atoms with E-state index >= 15 is 0 Å². The Bertz CT molecular complexity index is 732. The molecule has 108 valence electrons. The van der Waals surface area contributed by atoms with E-state index in [4.69, 9.17) is 9.84 Å². The molecule has 1 heterocycles. The van der Waals surface area contributed by atoms with Crippen LogP contribution >= 0.6 is 15.9 Å². The number of ether oxygens (including phenoxy) is 1. The lowest BCUT2D eigenvalue weighted by atomic mass is 10.2. The molecule has 0 spiro atoms. The maximum Gasteiger partial charge on any atom is 0.341 e. The van der Waals surface area contributed by atoms with Gasteiger partial charge < -0.3 is 9.84 Å². The number of nitro groups is 1. The number of carboxylic acids is 1. The second-order valence-electron chi connectivity index (χ2n) is 4.06. The van der Waals surface area contributed by atoms with Gasteiger partial charge in [0.05, 0.1) is 4.92 Å². The molecule has 0 aliphatic heterocycles. The molecule has 2 rings (SSSR count). The average molecular weight is 353 g/mol. The highest BCUT2D eigenvalue weighted by Gasteiger charge is 2.19. The Kier molecular flexibility index (Phi) is 4.18. The highest BCUT2D eigenvalue weighted by molar-refractivity contribution is 9.10. The number of aromatic nitrogens is 1. The zero-order valence-electron chi connectivity index (χ0n) is 10.7. The van der Waals surface area contributed by atoms with Crippen molar-refractivity contribution in [1.82, 2.24) is 4.98 Å². The fraction of sp³-hybridized carbons (Fsp3) is 0.0769. The number of hydrogen-bond donors (Lipinski definition) is 1. The van der Waals surface area contributed by atoms with Gasteiger partial charge in [-0.05, 0) is 41.1 Å². The zero-order chi connectivity index (χ0) is 15.6. The number of carbonyl (C=O) groups is 1. The molecule has 8 heteroatoms. The first-order valence-electron chi connectivity index (χ1n) is 5.72. The van der Waals surface area contributed by atoms with Crippen molar-refractivity contribution in [2.24, 2.45) is 0 Å². The van der Waals surface area contributed by atoms with Crippen LogP contribution < -0.4 is 4.74 Å². The zero-order valence-corrected chi connectivity index (χ0v) is 12.3. The van der Waals surface area contributed by atoms with E-state index < -0.39 is 10.9 Å². The molecule has 2 aromatic rings. The van der Waals surface area contributed by atoms with Crippen molar-refractivity contribution in [3.8, 4) is 11.6 Å². The SMILES string of the molecule is Cc1ccc(C(=O)O)c(Oc2cccc([N+](=O)[O-])c2Br)n1. The maximum absolute atomic E-state index is 11.1. The molecule has 0 amide bonds. The number of nitro benzene ring substituents is 1. The van der Waals surface area contributed by atoms with Gasteiger partial charge in [-0.2, -0.15) is 0 Å². The molecular weight excluding hydrogens is 344 g/mol. The molecule has 7 nitrogen and oxygen atoms in total. The summed E-state index contributed by atoms with van der Waals surface area (Å²) in [7, 11) is 0. The van der Waals surface area contributed by atoms with Gasteiger partial charge >= 0.3 is 5.97 Å². The van der Waals surface area contributed by atoms with Gasteiger partial charge in [0.15, 0.2) is 5.75 Å². The molecule has 0 fully saturated rings. The molecule has 1 N–H and O–H groups in total. The number of rotatable bonds is 4. The van der Waals surface area contributed by atoms with Gasteiger partial charge in [-0.15, -0.1) is 0 Å². The van der Waals surface area contributed by atoms with Crippen LogP contribution in [0.3, 0.4) is 0 Å². The van der Waals surface area contributed by atoms with Crippen LogP contribution in [0.25, 0.3) is 0 Å². The van der Waals surface area contributed by atoms with Crippen molar-refractivity contribution < 1.29 is 19.6 Å².